The second-order valence-corrected chi connectivity index (χ2v) is 4.60. The van der Waals surface area contributed by atoms with Crippen LogP contribution in [0.25, 0.3) is 0 Å². The number of hydrogen-bond acceptors (Lipinski definition) is 3. The van der Waals surface area contributed by atoms with E-state index < -0.39 is 0 Å². The van der Waals surface area contributed by atoms with Gasteiger partial charge in [-0.25, -0.2) is 0 Å². The Morgan fingerprint density at radius 1 is 1.31 bits per heavy atom. The maximum absolute atomic E-state index is 12.0. The monoisotopic (exact) mass is 229 g/mol. The van der Waals surface area contributed by atoms with E-state index in [0.717, 1.165) is 32.4 Å². The molecule has 0 atom stereocenters. The minimum absolute atomic E-state index is 0.110. The van der Waals surface area contributed by atoms with Crippen molar-refractivity contribution in [1.82, 2.24) is 10.2 Å². The summed E-state index contributed by atoms with van der Waals surface area (Å²) in [6, 6.07) is 0. The van der Waals surface area contributed by atoms with Crippen LogP contribution < -0.4 is 11.1 Å². The van der Waals surface area contributed by atoms with Crippen LogP contribution in [0, 0.1) is 5.41 Å². The third kappa shape index (κ3) is 4.49. The van der Waals surface area contributed by atoms with Gasteiger partial charge in [-0.2, -0.15) is 0 Å². The lowest BCUT2D eigenvalue weighted by Gasteiger charge is -2.28. The highest BCUT2D eigenvalue weighted by Crippen LogP contribution is 2.24. The van der Waals surface area contributed by atoms with Gasteiger partial charge in [0.15, 0.2) is 0 Å². The molecule has 0 aromatic carbocycles. The zero-order chi connectivity index (χ0) is 12.6. The molecular formula is C12H27N3O. The normalized spacial score (nSPS) is 11.9. The summed E-state index contributed by atoms with van der Waals surface area (Å²) in [5.74, 6) is 0.110. The molecule has 0 radical (unpaired) electrons. The fraction of sp³-hybridized carbons (Fsp3) is 0.917. The zero-order valence-electron chi connectivity index (χ0n) is 11.2. The minimum atomic E-state index is -0.363. The van der Waals surface area contributed by atoms with Crippen molar-refractivity contribution in [3.05, 3.63) is 0 Å². The number of amides is 1. The van der Waals surface area contributed by atoms with E-state index in [2.05, 4.69) is 10.2 Å². The Morgan fingerprint density at radius 2 is 1.88 bits per heavy atom. The van der Waals surface area contributed by atoms with Crippen LogP contribution in [0.4, 0.5) is 0 Å². The lowest BCUT2D eigenvalue weighted by molar-refractivity contribution is -0.131. The van der Waals surface area contributed by atoms with Crippen LogP contribution >= 0.6 is 0 Å². The van der Waals surface area contributed by atoms with Gasteiger partial charge in [-0.3, -0.25) is 4.79 Å². The minimum Gasteiger partial charge on any atom is -0.356 e. The molecule has 0 fully saturated rings. The van der Waals surface area contributed by atoms with Gasteiger partial charge in [-0.15, -0.1) is 0 Å². The molecule has 0 unspecified atom stereocenters. The summed E-state index contributed by atoms with van der Waals surface area (Å²) in [5, 5.41) is 2.99. The van der Waals surface area contributed by atoms with E-state index in [0.29, 0.717) is 6.54 Å². The number of rotatable bonds is 8. The van der Waals surface area contributed by atoms with Crippen molar-refractivity contribution in [2.75, 3.05) is 33.7 Å². The third-order valence-corrected chi connectivity index (χ3v) is 3.29. The predicted octanol–water partition coefficient (Wildman–Crippen LogP) is 0.819. The standard InChI is InChI=1S/C12H27N3O/c1-5-12(6-2,10-13)11(16)14-8-7-9-15(3)4/h5-10,13H2,1-4H3,(H,14,16). The van der Waals surface area contributed by atoms with E-state index in [1.165, 1.54) is 0 Å². The molecule has 0 saturated heterocycles. The van der Waals surface area contributed by atoms with E-state index >= 15 is 0 Å². The van der Waals surface area contributed by atoms with E-state index in [1.54, 1.807) is 0 Å². The highest BCUT2D eigenvalue weighted by Gasteiger charge is 2.32. The van der Waals surface area contributed by atoms with Gasteiger partial charge < -0.3 is 16.0 Å². The lowest BCUT2D eigenvalue weighted by atomic mass is 9.81. The number of nitrogens with one attached hydrogen (secondary N) is 1. The first-order valence-corrected chi connectivity index (χ1v) is 6.15. The van der Waals surface area contributed by atoms with Crippen molar-refractivity contribution in [2.45, 2.75) is 33.1 Å². The van der Waals surface area contributed by atoms with E-state index in [1.807, 2.05) is 27.9 Å². The molecule has 4 nitrogen and oxygen atoms in total. The van der Waals surface area contributed by atoms with Crippen LogP contribution in [0.1, 0.15) is 33.1 Å². The molecule has 0 aliphatic heterocycles. The second-order valence-electron chi connectivity index (χ2n) is 4.60. The van der Waals surface area contributed by atoms with Crippen molar-refractivity contribution < 1.29 is 4.79 Å². The number of hydrogen-bond donors (Lipinski definition) is 2. The van der Waals surface area contributed by atoms with Crippen molar-refractivity contribution >= 4 is 5.91 Å². The van der Waals surface area contributed by atoms with E-state index in [9.17, 15) is 4.79 Å². The van der Waals surface area contributed by atoms with Gasteiger partial charge in [0, 0.05) is 13.1 Å². The van der Waals surface area contributed by atoms with Crippen LogP contribution in [0.2, 0.25) is 0 Å². The summed E-state index contributed by atoms with van der Waals surface area (Å²) in [7, 11) is 4.06. The molecular weight excluding hydrogens is 202 g/mol. The SMILES string of the molecule is CCC(CC)(CN)C(=O)NCCCN(C)C. The maximum atomic E-state index is 12.0. The van der Waals surface area contributed by atoms with Gasteiger partial charge in [-0.05, 0) is 39.9 Å². The maximum Gasteiger partial charge on any atom is 0.227 e. The number of nitrogens with two attached hydrogens (primary N) is 1. The predicted molar refractivity (Wildman–Crippen MR) is 68.3 cm³/mol. The summed E-state index contributed by atoms with van der Waals surface area (Å²) in [6.45, 7) is 6.21. The van der Waals surface area contributed by atoms with Crippen LogP contribution in [0.3, 0.4) is 0 Å². The molecule has 0 aromatic heterocycles. The largest absolute Gasteiger partial charge is 0.356 e. The number of carbonyl (C=O) groups is 1. The molecule has 0 heterocycles. The summed E-state index contributed by atoms with van der Waals surface area (Å²) in [5.41, 5.74) is 5.35. The second kappa shape index (κ2) is 7.63. The first kappa shape index (κ1) is 15.4. The summed E-state index contributed by atoms with van der Waals surface area (Å²) in [6.07, 6.45) is 2.59. The molecule has 0 aliphatic carbocycles. The average Bonchev–Trinajstić information content (AvgIpc) is 2.27. The zero-order valence-corrected chi connectivity index (χ0v) is 11.2. The third-order valence-electron chi connectivity index (χ3n) is 3.29. The topological polar surface area (TPSA) is 58.4 Å². The first-order valence-electron chi connectivity index (χ1n) is 6.15. The van der Waals surface area contributed by atoms with Gasteiger partial charge >= 0.3 is 0 Å². The van der Waals surface area contributed by atoms with Gasteiger partial charge in [0.2, 0.25) is 5.91 Å². The van der Waals surface area contributed by atoms with Crippen molar-refractivity contribution in [1.29, 1.82) is 0 Å². The fourth-order valence-electron chi connectivity index (χ4n) is 1.74. The molecule has 3 N–H and O–H groups in total. The Balaban J connectivity index is 4.02. The molecule has 96 valence electrons. The smallest absolute Gasteiger partial charge is 0.227 e. The molecule has 0 aliphatic rings. The van der Waals surface area contributed by atoms with Gasteiger partial charge in [0.1, 0.15) is 0 Å². The average molecular weight is 229 g/mol. The van der Waals surface area contributed by atoms with Crippen LogP contribution in [-0.4, -0.2) is 44.5 Å². The van der Waals surface area contributed by atoms with Crippen LogP contribution in [0.15, 0.2) is 0 Å². The Hall–Kier alpha value is -0.610. The van der Waals surface area contributed by atoms with Gasteiger partial charge in [0.25, 0.3) is 0 Å². The Labute approximate surface area is 99.6 Å². The molecule has 0 aromatic rings. The Morgan fingerprint density at radius 3 is 2.25 bits per heavy atom. The Kier molecular flexibility index (Phi) is 7.34. The lowest BCUT2D eigenvalue weighted by Crippen LogP contribution is -2.45. The fourth-order valence-corrected chi connectivity index (χ4v) is 1.74. The molecule has 4 heteroatoms. The highest BCUT2D eigenvalue weighted by atomic mass is 16.2. The molecule has 16 heavy (non-hydrogen) atoms. The quantitative estimate of drug-likeness (QED) is 0.606. The van der Waals surface area contributed by atoms with Crippen LogP contribution in [-0.2, 0) is 4.79 Å². The van der Waals surface area contributed by atoms with Crippen molar-refractivity contribution in [3.63, 3.8) is 0 Å². The summed E-state index contributed by atoms with van der Waals surface area (Å²) in [4.78, 5) is 14.1. The molecule has 1 amide bonds. The molecule has 0 rings (SSSR count). The van der Waals surface area contributed by atoms with Crippen molar-refractivity contribution in [2.24, 2.45) is 11.1 Å². The highest BCUT2D eigenvalue weighted by molar-refractivity contribution is 5.82. The van der Waals surface area contributed by atoms with Crippen molar-refractivity contribution in [3.8, 4) is 0 Å². The Bertz CT molecular complexity index is 192. The molecule has 0 bridgehead atoms. The number of carbonyl (C=O) groups excluding carboxylic acids is 1. The van der Waals surface area contributed by atoms with E-state index in [-0.39, 0.29) is 11.3 Å². The summed E-state index contributed by atoms with van der Waals surface area (Å²) < 4.78 is 0. The van der Waals surface area contributed by atoms with Gasteiger partial charge in [0.05, 0.1) is 5.41 Å². The number of nitrogens with zero attached hydrogens (tertiary/aromatic N) is 1. The van der Waals surface area contributed by atoms with Crippen LogP contribution in [0.5, 0.6) is 0 Å². The molecule has 0 spiro atoms. The first-order chi connectivity index (χ1) is 7.52. The van der Waals surface area contributed by atoms with E-state index in [4.69, 9.17) is 5.73 Å². The molecule has 0 saturated carbocycles. The summed E-state index contributed by atoms with van der Waals surface area (Å²) >= 11 is 0. The van der Waals surface area contributed by atoms with Gasteiger partial charge in [-0.1, -0.05) is 13.8 Å².